The second-order valence-corrected chi connectivity index (χ2v) is 8.14. The van der Waals surface area contributed by atoms with Crippen LogP contribution in [0.4, 0.5) is 4.79 Å². The fourth-order valence-electron chi connectivity index (χ4n) is 2.77. The monoisotopic (exact) mass is 399 g/mol. The van der Waals surface area contributed by atoms with Crippen LogP contribution in [0.1, 0.15) is 57.8 Å². The molecule has 1 N–H and O–H groups in total. The van der Waals surface area contributed by atoms with E-state index in [9.17, 15) is 9.90 Å². The Hall–Kier alpha value is -2.53. The third-order valence-electron chi connectivity index (χ3n) is 4.34. The third kappa shape index (κ3) is 8.16. The molecule has 0 saturated heterocycles. The predicted molar refractivity (Wildman–Crippen MR) is 115 cm³/mol. The van der Waals surface area contributed by atoms with Crippen LogP contribution in [0.2, 0.25) is 0 Å². The minimum absolute atomic E-state index is 0.194. The van der Waals surface area contributed by atoms with Crippen LogP contribution in [0.5, 0.6) is 5.75 Å². The Bertz CT molecular complexity index is 738. The number of rotatable bonds is 9. The van der Waals surface area contributed by atoms with E-state index in [-0.39, 0.29) is 6.54 Å². The molecule has 0 aliphatic carbocycles. The van der Waals surface area contributed by atoms with E-state index in [1.54, 1.807) is 4.90 Å². The molecule has 1 amide bonds. The topological polar surface area (TPSA) is 59.0 Å². The first-order valence-corrected chi connectivity index (χ1v) is 10.2. The molecule has 1 atom stereocenters. The highest BCUT2D eigenvalue weighted by molar-refractivity contribution is 5.68. The summed E-state index contributed by atoms with van der Waals surface area (Å²) < 4.78 is 11.3. The highest BCUT2D eigenvalue weighted by Gasteiger charge is 2.24. The van der Waals surface area contributed by atoms with Gasteiger partial charge in [0, 0.05) is 6.54 Å². The van der Waals surface area contributed by atoms with Crippen LogP contribution in [0.3, 0.4) is 0 Å². The summed E-state index contributed by atoms with van der Waals surface area (Å²) in [5.74, 6) is 0.736. The van der Waals surface area contributed by atoms with Crippen LogP contribution in [0.15, 0.2) is 54.6 Å². The van der Waals surface area contributed by atoms with E-state index in [1.165, 1.54) is 0 Å². The van der Waals surface area contributed by atoms with Gasteiger partial charge in [0.2, 0.25) is 0 Å². The molecule has 5 heteroatoms. The zero-order valence-corrected chi connectivity index (χ0v) is 17.9. The molecule has 0 aliphatic rings. The van der Waals surface area contributed by atoms with E-state index in [2.05, 4.69) is 6.92 Å². The van der Waals surface area contributed by atoms with Gasteiger partial charge >= 0.3 is 6.09 Å². The minimum atomic E-state index is -0.789. The smallest absolute Gasteiger partial charge is 0.410 e. The molecule has 2 aromatic carbocycles. The van der Waals surface area contributed by atoms with Gasteiger partial charge in [-0.2, -0.15) is 0 Å². The van der Waals surface area contributed by atoms with Crippen molar-refractivity contribution in [1.29, 1.82) is 0 Å². The van der Waals surface area contributed by atoms with Crippen molar-refractivity contribution in [3.05, 3.63) is 65.7 Å². The molecule has 0 fully saturated rings. The number of carbonyl (C=O) groups is 1. The van der Waals surface area contributed by atoms with Crippen molar-refractivity contribution < 1.29 is 19.4 Å². The van der Waals surface area contributed by atoms with Crippen molar-refractivity contribution in [1.82, 2.24) is 4.90 Å². The quantitative estimate of drug-likeness (QED) is 0.619. The maximum Gasteiger partial charge on any atom is 0.410 e. The molecule has 0 aromatic heterocycles. The first kappa shape index (κ1) is 22.8. The Morgan fingerprint density at radius 2 is 1.72 bits per heavy atom. The Morgan fingerprint density at radius 1 is 1.07 bits per heavy atom. The number of amides is 1. The van der Waals surface area contributed by atoms with Gasteiger partial charge in [-0.1, -0.05) is 55.8 Å². The van der Waals surface area contributed by atoms with Crippen LogP contribution < -0.4 is 4.74 Å². The molecular weight excluding hydrogens is 366 g/mol. The van der Waals surface area contributed by atoms with Crippen LogP contribution in [0, 0.1) is 0 Å². The highest BCUT2D eigenvalue weighted by atomic mass is 16.6. The van der Waals surface area contributed by atoms with Gasteiger partial charge in [-0.3, -0.25) is 0 Å². The molecule has 0 spiro atoms. The van der Waals surface area contributed by atoms with Crippen LogP contribution in [-0.4, -0.2) is 34.8 Å². The van der Waals surface area contributed by atoms with Crippen LogP contribution >= 0.6 is 0 Å². The van der Waals surface area contributed by atoms with Gasteiger partial charge in [0.05, 0.1) is 12.6 Å². The number of hydrogen-bond donors (Lipinski definition) is 1. The molecule has 2 rings (SSSR count). The Morgan fingerprint density at radius 3 is 2.31 bits per heavy atom. The van der Waals surface area contributed by atoms with Crippen LogP contribution in [0.25, 0.3) is 0 Å². The molecule has 5 nitrogen and oxygen atoms in total. The predicted octanol–water partition coefficient (Wildman–Crippen LogP) is 5.34. The summed E-state index contributed by atoms with van der Waals surface area (Å²) in [4.78, 5) is 14.1. The summed E-state index contributed by atoms with van der Waals surface area (Å²) in [5, 5.41) is 10.6. The minimum Gasteiger partial charge on any atom is -0.489 e. The average molecular weight is 400 g/mol. The fourth-order valence-corrected chi connectivity index (χ4v) is 2.77. The first-order chi connectivity index (χ1) is 13.8. The fraction of sp³-hybridized carbons (Fsp3) is 0.458. The van der Waals surface area contributed by atoms with Gasteiger partial charge in [-0.15, -0.1) is 0 Å². The van der Waals surface area contributed by atoms with Gasteiger partial charge in [-0.25, -0.2) is 4.79 Å². The molecule has 0 aliphatic heterocycles. The Balaban J connectivity index is 1.95. The maximum atomic E-state index is 12.5. The van der Waals surface area contributed by atoms with E-state index in [4.69, 9.17) is 9.47 Å². The van der Waals surface area contributed by atoms with E-state index in [1.807, 2.05) is 75.4 Å². The number of aliphatic hydroxyl groups excluding tert-OH is 1. The van der Waals surface area contributed by atoms with Gasteiger partial charge in [-0.05, 0) is 50.5 Å². The molecule has 2 aromatic rings. The number of unbranched alkanes of at least 4 members (excludes halogenated alkanes) is 1. The summed E-state index contributed by atoms with van der Waals surface area (Å²) in [7, 11) is 0. The SMILES string of the molecule is CCCCN(C[C@H](O)c1ccc(OCc2ccccc2)cc1)C(=O)OC(C)(C)C. The molecular formula is C24H33NO4. The second kappa shape index (κ2) is 10.9. The van der Waals surface area contributed by atoms with Crippen molar-refractivity contribution in [2.45, 2.75) is 58.8 Å². The lowest BCUT2D eigenvalue weighted by molar-refractivity contribution is 0.0141. The van der Waals surface area contributed by atoms with E-state index in [0.29, 0.717) is 13.2 Å². The second-order valence-electron chi connectivity index (χ2n) is 8.14. The van der Waals surface area contributed by atoms with Gasteiger partial charge in [0.25, 0.3) is 0 Å². The highest BCUT2D eigenvalue weighted by Crippen LogP contribution is 2.21. The number of aliphatic hydroxyl groups is 1. The zero-order chi connectivity index (χ0) is 21.3. The lowest BCUT2D eigenvalue weighted by atomic mass is 10.1. The number of hydrogen-bond acceptors (Lipinski definition) is 4. The van der Waals surface area contributed by atoms with E-state index in [0.717, 1.165) is 29.7 Å². The van der Waals surface area contributed by atoms with Gasteiger partial charge < -0.3 is 19.5 Å². The van der Waals surface area contributed by atoms with Gasteiger partial charge in [0.1, 0.15) is 18.0 Å². The summed E-state index contributed by atoms with van der Waals surface area (Å²) in [6.07, 6.45) is 0.636. The van der Waals surface area contributed by atoms with Gasteiger partial charge in [0.15, 0.2) is 0 Å². The number of carbonyl (C=O) groups excluding carboxylic acids is 1. The lowest BCUT2D eigenvalue weighted by Gasteiger charge is -2.29. The zero-order valence-electron chi connectivity index (χ0n) is 17.9. The van der Waals surface area contributed by atoms with Crippen LogP contribution in [-0.2, 0) is 11.3 Å². The normalized spacial score (nSPS) is 12.3. The average Bonchev–Trinajstić information content (AvgIpc) is 2.69. The van der Waals surface area contributed by atoms with Crippen molar-refractivity contribution >= 4 is 6.09 Å². The summed E-state index contributed by atoms with van der Waals surface area (Å²) in [6, 6.07) is 17.3. The standard InChI is InChI=1S/C24H33NO4/c1-5-6-16-25(23(27)29-24(2,3)4)17-22(26)20-12-14-21(15-13-20)28-18-19-10-8-7-9-11-19/h7-15,22,26H,5-6,16-18H2,1-4H3/t22-/m0/s1. The summed E-state index contributed by atoms with van der Waals surface area (Å²) in [6.45, 7) is 8.83. The summed E-state index contributed by atoms with van der Waals surface area (Å²) >= 11 is 0. The summed E-state index contributed by atoms with van der Waals surface area (Å²) in [5.41, 5.74) is 1.27. The van der Waals surface area contributed by atoms with Crippen molar-refractivity contribution in [3.8, 4) is 5.75 Å². The Labute approximate surface area is 174 Å². The third-order valence-corrected chi connectivity index (χ3v) is 4.34. The number of benzene rings is 2. The lowest BCUT2D eigenvalue weighted by Crippen LogP contribution is -2.39. The molecule has 0 unspecified atom stereocenters. The molecule has 0 heterocycles. The molecule has 0 radical (unpaired) electrons. The molecule has 0 saturated carbocycles. The largest absolute Gasteiger partial charge is 0.489 e. The maximum absolute atomic E-state index is 12.5. The number of ether oxygens (including phenoxy) is 2. The molecule has 158 valence electrons. The number of nitrogens with zero attached hydrogens (tertiary/aromatic N) is 1. The van der Waals surface area contributed by atoms with Crippen molar-refractivity contribution in [2.24, 2.45) is 0 Å². The molecule has 0 bridgehead atoms. The first-order valence-electron chi connectivity index (χ1n) is 10.2. The van der Waals surface area contributed by atoms with E-state index < -0.39 is 17.8 Å². The van der Waals surface area contributed by atoms with Crippen molar-refractivity contribution in [3.63, 3.8) is 0 Å². The van der Waals surface area contributed by atoms with Crippen molar-refractivity contribution in [2.75, 3.05) is 13.1 Å². The molecule has 29 heavy (non-hydrogen) atoms. The van der Waals surface area contributed by atoms with E-state index >= 15 is 0 Å². The Kier molecular flexibility index (Phi) is 8.52.